The monoisotopic (exact) mass is 375 g/mol. The molecular weight excluding hydrogens is 350 g/mol. The van der Waals surface area contributed by atoms with Gasteiger partial charge in [-0.3, -0.25) is 0 Å². The standard InChI is InChI=1S/C19H26ClN5O/c20-15-5-6-16-17(10-15)23-18(22-16)11-21-19(26)25-9-3-4-14(13-25)12-24-7-1-2-8-24/h5-6,10,14H,1-4,7-9,11-13H2,(H,21,26)(H,22,23)/t14-/m0/s1. The molecule has 2 fully saturated rings. The lowest BCUT2D eigenvalue weighted by molar-refractivity contribution is 0.146. The van der Waals surface area contributed by atoms with Gasteiger partial charge in [0.05, 0.1) is 17.6 Å². The topological polar surface area (TPSA) is 64.3 Å². The first-order valence-corrected chi connectivity index (χ1v) is 9.94. The Bertz CT molecular complexity index is 770. The molecule has 4 rings (SSSR count). The van der Waals surface area contributed by atoms with Crippen molar-refractivity contribution >= 4 is 28.7 Å². The van der Waals surface area contributed by atoms with E-state index in [4.69, 9.17) is 11.6 Å². The summed E-state index contributed by atoms with van der Waals surface area (Å²) in [5.41, 5.74) is 1.76. The van der Waals surface area contributed by atoms with Crippen LogP contribution in [0.25, 0.3) is 11.0 Å². The molecule has 6 nitrogen and oxygen atoms in total. The summed E-state index contributed by atoms with van der Waals surface area (Å²) in [4.78, 5) is 24.8. The van der Waals surface area contributed by atoms with Crippen LogP contribution in [0.2, 0.25) is 5.02 Å². The first-order valence-electron chi connectivity index (χ1n) is 9.56. The van der Waals surface area contributed by atoms with Crippen molar-refractivity contribution in [1.29, 1.82) is 0 Å². The highest BCUT2D eigenvalue weighted by molar-refractivity contribution is 6.31. The molecule has 7 heteroatoms. The maximum absolute atomic E-state index is 12.6. The molecule has 2 aliphatic rings. The van der Waals surface area contributed by atoms with Gasteiger partial charge in [0, 0.05) is 24.7 Å². The predicted octanol–water partition coefficient (Wildman–Crippen LogP) is 3.23. The molecule has 140 valence electrons. The van der Waals surface area contributed by atoms with Crippen LogP contribution >= 0.6 is 11.6 Å². The third-order valence-corrected chi connectivity index (χ3v) is 5.66. The largest absolute Gasteiger partial charge is 0.340 e. The summed E-state index contributed by atoms with van der Waals surface area (Å²) in [6.45, 7) is 5.68. The van der Waals surface area contributed by atoms with Gasteiger partial charge in [0.1, 0.15) is 5.82 Å². The van der Waals surface area contributed by atoms with Crippen LogP contribution in [-0.4, -0.2) is 58.5 Å². The SMILES string of the molecule is O=C(NCc1nc2ccc(Cl)cc2[nH]1)N1CCC[C@@H](CN2CCCC2)C1. The van der Waals surface area contributed by atoms with Gasteiger partial charge in [-0.2, -0.15) is 0 Å². The molecular formula is C19H26ClN5O. The highest BCUT2D eigenvalue weighted by atomic mass is 35.5. The normalized spacial score (nSPS) is 21.4. The average Bonchev–Trinajstić information content (AvgIpc) is 3.28. The molecule has 0 aliphatic carbocycles. The quantitative estimate of drug-likeness (QED) is 0.862. The van der Waals surface area contributed by atoms with Gasteiger partial charge in [0.15, 0.2) is 0 Å². The van der Waals surface area contributed by atoms with Crippen LogP contribution in [0, 0.1) is 5.92 Å². The number of H-pyrrole nitrogens is 1. The number of likely N-dealkylation sites (tertiary alicyclic amines) is 2. The molecule has 3 heterocycles. The fourth-order valence-corrected chi connectivity index (χ4v) is 4.29. The molecule has 0 unspecified atom stereocenters. The Morgan fingerprint density at radius 1 is 1.27 bits per heavy atom. The maximum atomic E-state index is 12.6. The van der Waals surface area contributed by atoms with E-state index in [1.807, 2.05) is 23.1 Å². The second-order valence-electron chi connectivity index (χ2n) is 7.47. The number of halogens is 1. The molecule has 2 aromatic rings. The third-order valence-electron chi connectivity index (χ3n) is 5.42. The summed E-state index contributed by atoms with van der Waals surface area (Å²) < 4.78 is 0. The van der Waals surface area contributed by atoms with Crippen molar-refractivity contribution in [2.45, 2.75) is 32.2 Å². The molecule has 26 heavy (non-hydrogen) atoms. The number of benzene rings is 1. The molecule has 0 spiro atoms. The molecule has 2 N–H and O–H groups in total. The fraction of sp³-hybridized carbons (Fsp3) is 0.579. The average molecular weight is 376 g/mol. The van der Waals surface area contributed by atoms with Gasteiger partial charge in [0.2, 0.25) is 0 Å². The lowest BCUT2D eigenvalue weighted by Gasteiger charge is -2.34. The van der Waals surface area contributed by atoms with E-state index >= 15 is 0 Å². The minimum Gasteiger partial charge on any atom is -0.340 e. The third kappa shape index (κ3) is 4.13. The number of amides is 2. The molecule has 0 bridgehead atoms. The van der Waals surface area contributed by atoms with Crippen LogP contribution in [-0.2, 0) is 6.54 Å². The first-order chi connectivity index (χ1) is 12.7. The summed E-state index contributed by atoms with van der Waals surface area (Å²) in [5.74, 6) is 1.35. The van der Waals surface area contributed by atoms with Crippen LogP contribution in [0.3, 0.4) is 0 Å². The minimum absolute atomic E-state index is 0.00890. The summed E-state index contributed by atoms with van der Waals surface area (Å²) in [7, 11) is 0. The second-order valence-corrected chi connectivity index (χ2v) is 7.90. The highest BCUT2D eigenvalue weighted by Crippen LogP contribution is 2.20. The Kier molecular flexibility index (Phi) is 5.31. The van der Waals surface area contributed by atoms with E-state index in [1.54, 1.807) is 0 Å². The summed E-state index contributed by atoms with van der Waals surface area (Å²) >= 11 is 6.00. The number of hydrogen-bond acceptors (Lipinski definition) is 3. The lowest BCUT2D eigenvalue weighted by Crippen LogP contribution is -2.47. The number of hydrogen-bond donors (Lipinski definition) is 2. The Labute approximate surface area is 158 Å². The molecule has 0 radical (unpaired) electrons. The zero-order valence-electron chi connectivity index (χ0n) is 15.0. The predicted molar refractivity (Wildman–Crippen MR) is 103 cm³/mol. The number of aromatic amines is 1. The molecule has 0 saturated carbocycles. The number of aromatic nitrogens is 2. The molecule has 1 aromatic heterocycles. The number of rotatable bonds is 4. The first kappa shape index (κ1) is 17.6. The number of imidazole rings is 1. The Morgan fingerprint density at radius 3 is 2.96 bits per heavy atom. The van der Waals surface area contributed by atoms with Crippen molar-refractivity contribution in [2.24, 2.45) is 5.92 Å². The molecule has 2 amide bonds. The van der Waals surface area contributed by atoms with Crippen LogP contribution < -0.4 is 5.32 Å². The zero-order valence-corrected chi connectivity index (χ0v) is 15.8. The smallest absolute Gasteiger partial charge is 0.317 e. The number of fused-ring (bicyclic) bond motifs is 1. The number of carbonyl (C=O) groups excluding carboxylic acids is 1. The second kappa shape index (κ2) is 7.84. The number of nitrogens with one attached hydrogen (secondary N) is 2. The van der Waals surface area contributed by atoms with Crippen molar-refractivity contribution in [1.82, 2.24) is 25.1 Å². The van der Waals surface area contributed by atoms with Gasteiger partial charge in [-0.1, -0.05) is 11.6 Å². The van der Waals surface area contributed by atoms with Crippen molar-refractivity contribution in [3.05, 3.63) is 29.0 Å². The zero-order chi connectivity index (χ0) is 17.9. The lowest BCUT2D eigenvalue weighted by atomic mass is 9.98. The fourth-order valence-electron chi connectivity index (χ4n) is 4.12. The number of carbonyl (C=O) groups is 1. The van der Waals surface area contributed by atoms with Crippen molar-refractivity contribution < 1.29 is 4.79 Å². The minimum atomic E-state index is 0.00890. The number of nitrogens with zero attached hydrogens (tertiary/aromatic N) is 3. The Morgan fingerprint density at radius 2 is 2.12 bits per heavy atom. The number of piperidine rings is 1. The van der Waals surface area contributed by atoms with Crippen LogP contribution in [0.1, 0.15) is 31.5 Å². The Hall–Kier alpha value is -1.79. The van der Waals surface area contributed by atoms with E-state index in [9.17, 15) is 4.79 Å². The maximum Gasteiger partial charge on any atom is 0.317 e. The summed E-state index contributed by atoms with van der Waals surface area (Å²) in [6, 6.07) is 5.56. The van der Waals surface area contributed by atoms with Gasteiger partial charge >= 0.3 is 6.03 Å². The van der Waals surface area contributed by atoms with Gasteiger partial charge in [0.25, 0.3) is 0 Å². The van der Waals surface area contributed by atoms with Crippen molar-refractivity contribution in [2.75, 3.05) is 32.7 Å². The Balaban J connectivity index is 1.30. The van der Waals surface area contributed by atoms with E-state index in [1.165, 1.54) is 32.4 Å². The van der Waals surface area contributed by atoms with Crippen molar-refractivity contribution in [3.8, 4) is 0 Å². The van der Waals surface area contributed by atoms with E-state index in [0.29, 0.717) is 17.5 Å². The van der Waals surface area contributed by atoms with E-state index in [-0.39, 0.29) is 6.03 Å². The van der Waals surface area contributed by atoms with Crippen molar-refractivity contribution in [3.63, 3.8) is 0 Å². The van der Waals surface area contributed by atoms with Gasteiger partial charge in [-0.05, 0) is 62.9 Å². The van der Waals surface area contributed by atoms with Gasteiger partial charge < -0.3 is 20.1 Å². The van der Waals surface area contributed by atoms with Crippen LogP contribution in [0.5, 0.6) is 0 Å². The molecule has 1 aromatic carbocycles. The molecule has 1 atom stereocenters. The van der Waals surface area contributed by atoms with Gasteiger partial charge in [-0.25, -0.2) is 9.78 Å². The van der Waals surface area contributed by atoms with E-state index in [2.05, 4.69) is 20.2 Å². The molecule has 2 aliphatic heterocycles. The summed E-state index contributed by atoms with van der Waals surface area (Å²) in [6.07, 6.45) is 4.96. The van der Waals surface area contributed by atoms with Gasteiger partial charge in [-0.15, -0.1) is 0 Å². The van der Waals surface area contributed by atoms with Crippen LogP contribution in [0.15, 0.2) is 18.2 Å². The van der Waals surface area contributed by atoms with Crippen LogP contribution in [0.4, 0.5) is 4.79 Å². The molecule has 2 saturated heterocycles. The highest BCUT2D eigenvalue weighted by Gasteiger charge is 2.26. The van der Waals surface area contributed by atoms with E-state index in [0.717, 1.165) is 42.9 Å². The number of urea groups is 1. The van der Waals surface area contributed by atoms with E-state index < -0.39 is 0 Å². The summed E-state index contributed by atoms with van der Waals surface area (Å²) in [5, 5.41) is 3.68.